The number of hydrogen-bond acceptors (Lipinski definition) is 4. The van der Waals surface area contributed by atoms with E-state index in [2.05, 4.69) is 10.3 Å². The van der Waals surface area contributed by atoms with E-state index < -0.39 is 5.97 Å². The third kappa shape index (κ3) is 4.11. The molecule has 5 heteroatoms. The van der Waals surface area contributed by atoms with Crippen LogP contribution >= 0.6 is 0 Å². The van der Waals surface area contributed by atoms with Crippen molar-refractivity contribution in [2.45, 2.75) is 38.1 Å². The van der Waals surface area contributed by atoms with E-state index >= 15 is 0 Å². The molecule has 1 aliphatic heterocycles. The number of benzene rings is 1. The Balaban J connectivity index is 1.74. The number of hydrogen-bond donors (Lipinski definition) is 3. The van der Waals surface area contributed by atoms with Crippen molar-refractivity contribution in [1.29, 1.82) is 0 Å². The number of aromatic carboxylic acids is 1. The number of phenols is 1. The van der Waals surface area contributed by atoms with Gasteiger partial charge in [0.15, 0.2) is 0 Å². The molecule has 1 saturated heterocycles. The molecule has 0 radical (unpaired) electrons. The van der Waals surface area contributed by atoms with Gasteiger partial charge in [0, 0.05) is 17.8 Å². The fourth-order valence-corrected chi connectivity index (χ4v) is 3.17. The van der Waals surface area contributed by atoms with E-state index in [0.717, 1.165) is 30.5 Å². The number of aromatic hydroxyl groups is 1. The fourth-order valence-electron chi connectivity index (χ4n) is 3.17. The third-order valence-corrected chi connectivity index (χ3v) is 4.48. The van der Waals surface area contributed by atoms with Gasteiger partial charge in [0.1, 0.15) is 5.75 Å². The van der Waals surface area contributed by atoms with Gasteiger partial charge in [-0.3, -0.25) is 4.98 Å². The normalized spacial score (nSPS) is 17.6. The predicted octanol–water partition coefficient (Wildman–Crippen LogP) is 3.23. The van der Waals surface area contributed by atoms with Crippen LogP contribution < -0.4 is 5.32 Å². The van der Waals surface area contributed by atoms with E-state index in [1.54, 1.807) is 18.2 Å². The largest absolute Gasteiger partial charge is 0.508 e. The molecule has 0 amide bonds. The maximum Gasteiger partial charge on any atom is 0.337 e. The second kappa shape index (κ2) is 7.45. The highest BCUT2D eigenvalue weighted by Gasteiger charge is 2.13. The van der Waals surface area contributed by atoms with Gasteiger partial charge in [0.2, 0.25) is 0 Å². The van der Waals surface area contributed by atoms with Crippen molar-refractivity contribution in [3.63, 3.8) is 0 Å². The Hall–Kier alpha value is -2.40. The minimum absolute atomic E-state index is 0.155. The molecule has 3 N–H and O–H groups in total. The van der Waals surface area contributed by atoms with Crippen LogP contribution in [-0.4, -0.2) is 33.8 Å². The molecule has 1 aliphatic rings. The van der Waals surface area contributed by atoms with Gasteiger partial charge in [-0.05, 0) is 68.1 Å². The highest BCUT2D eigenvalue weighted by molar-refractivity contribution is 5.87. The lowest BCUT2D eigenvalue weighted by molar-refractivity contribution is 0.0696. The van der Waals surface area contributed by atoms with Crippen LogP contribution in [0.25, 0.3) is 11.3 Å². The number of carboxylic acid groups (broad SMARTS) is 1. The van der Waals surface area contributed by atoms with Gasteiger partial charge in [0.25, 0.3) is 0 Å². The first kappa shape index (κ1) is 16.5. The number of phenolic OH excluding ortho intramolecular Hbond substituents is 1. The monoisotopic (exact) mass is 326 g/mol. The van der Waals surface area contributed by atoms with Crippen molar-refractivity contribution in [3.05, 3.63) is 47.7 Å². The molecule has 126 valence electrons. The summed E-state index contributed by atoms with van der Waals surface area (Å²) in [6.07, 6.45) is 7.03. The molecule has 0 bridgehead atoms. The van der Waals surface area contributed by atoms with Crippen molar-refractivity contribution in [1.82, 2.24) is 10.3 Å². The first-order valence-corrected chi connectivity index (χ1v) is 8.38. The molecule has 1 fully saturated rings. The topological polar surface area (TPSA) is 82.5 Å². The molecule has 0 saturated carbocycles. The van der Waals surface area contributed by atoms with Gasteiger partial charge >= 0.3 is 5.97 Å². The zero-order chi connectivity index (χ0) is 16.9. The van der Waals surface area contributed by atoms with Gasteiger partial charge in [-0.1, -0.05) is 6.42 Å². The number of pyridine rings is 1. The van der Waals surface area contributed by atoms with Gasteiger partial charge in [-0.15, -0.1) is 0 Å². The lowest BCUT2D eigenvalue weighted by Crippen LogP contribution is -2.34. The Morgan fingerprint density at radius 3 is 2.79 bits per heavy atom. The summed E-state index contributed by atoms with van der Waals surface area (Å²) in [5.41, 5.74) is 2.69. The highest BCUT2D eigenvalue weighted by Crippen LogP contribution is 2.25. The summed E-state index contributed by atoms with van der Waals surface area (Å²) in [5.74, 6) is -0.783. The Bertz CT molecular complexity index is 707. The standard InChI is InChI=1S/C19H22N2O3/c22-17-10-13(4-6-16-3-1-2-8-20-16)9-15(11-17)18-7-5-14(12-21-18)19(23)24/h5,7,9-12,16,20,22H,1-4,6,8H2,(H,23,24)/t16-/m0/s1. The molecular weight excluding hydrogens is 304 g/mol. The fraction of sp³-hybridized carbons (Fsp3) is 0.368. The van der Waals surface area contributed by atoms with Gasteiger partial charge < -0.3 is 15.5 Å². The van der Waals surface area contributed by atoms with E-state index in [1.807, 2.05) is 6.07 Å². The first-order chi connectivity index (χ1) is 11.6. The van der Waals surface area contributed by atoms with E-state index in [9.17, 15) is 9.90 Å². The van der Waals surface area contributed by atoms with Gasteiger partial charge in [-0.25, -0.2) is 4.79 Å². The minimum Gasteiger partial charge on any atom is -0.508 e. The zero-order valence-corrected chi connectivity index (χ0v) is 13.5. The second-order valence-corrected chi connectivity index (χ2v) is 6.31. The number of carbonyl (C=O) groups is 1. The Morgan fingerprint density at radius 2 is 2.12 bits per heavy atom. The summed E-state index contributed by atoms with van der Waals surface area (Å²) in [6, 6.07) is 9.22. The molecule has 1 aromatic heterocycles. The summed E-state index contributed by atoms with van der Waals surface area (Å²) in [5, 5.41) is 22.5. The van der Waals surface area contributed by atoms with Crippen LogP contribution in [0.3, 0.4) is 0 Å². The third-order valence-electron chi connectivity index (χ3n) is 4.48. The summed E-state index contributed by atoms with van der Waals surface area (Å²) >= 11 is 0. The number of carboxylic acids is 1. The number of rotatable bonds is 5. The maximum atomic E-state index is 10.9. The summed E-state index contributed by atoms with van der Waals surface area (Å²) in [4.78, 5) is 15.1. The lowest BCUT2D eigenvalue weighted by Gasteiger charge is -2.23. The number of nitrogens with one attached hydrogen (secondary N) is 1. The molecule has 2 aromatic rings. The average Bonchev–Trinajstić information content (AvgIpc) is 2.60. The van der Waals surface area contributed by atoms with Crippen LogP contribution in [0.2, 0.25) is 0 Å². The van der Waals surface area contributed by atoms with Crippen LogP contribution in [-0.2, 0) is 6.42 Å². The van der Waals surface area contributed by atoms with E-state index in [-0.39, 0.29) is 11.3 Å². The van der Waals surface area contributed by atoms with Crippen molar-refractivity contribution in [2.24, 2.45) is 0 Å². The van der Waals surface area contributed by atoms with E-state index in [1.165, 1.54) is 31.5 Å². The first-order valence-electron chi connectivity index (χ1n) is 8.38. The van der Waals surface area contributed by atoms with Crippen molar-refractivity contribution < 1.29 is 15.0 Å². The molecule has 5 nitrogen and oxygen atoms in total. The number of aromatic nitrogens is 1. The number of piperidine rings is 1. The van der Waals surface area contributed by atoms with Crippen LogP contribution in [0.5, 0.6) is 5.75 Å². The molecular formula is C19H22N2O3. The lowest BCUT2D eigenvalue weighted by atomic mass is 9.96. The predicted molar refractivity (Wildman–Crippen MR) is 92.3 cm³/mol. The van der Waals surface area contributed by atoms with E-state index in [4.69, 9.17) is 5.11 Å². The van der Waals surface area contributed by atoms with Crippen LogP contribution in [0.4, 0.5) is 0 Å². The van der Waals surface area contributed by atoms with Crippen LogP contribution in [0.15, 0.2) is 36.5 Å². The molecule has 3 rings (SSSR count). The van der Waals surface area contributed by atoms with Gasteiger partial charge in [0.05, 0.1) is 11.3 Å². The Labute approximate surface area is 141 Å². The molecule has 24 heavy (non-hydrogen) atoms. The molecule has 0 unspecified atom stereocenters. The van der Waals surface area contributed by atoms with Crippen molar-refractivity contribution in [3.8, 4) is 17.0 Å². The van der Waals surface area contributed by atoms with Gasteiger partial charge in [-0.2, -0.15) is 0 Å². The molecule has 1 atom stereocenters. The SMILES string of the molecule is O=C(O)c1ccc(-c2cc(O)cc(CC[C@@H]3CCCCN3)c2)nc1. The molecule has 1 aromatic carbocycles. The molecule has 0 spiro atoms. The summed E-state index contributed by atoms with van der Waals surface area (Å²) in [6.45, 7) is 1.09. The van der Waals surface area contributed by atoms with Crippen LogP contribution in [0.1, 0.15) is 41.6 Å². The quantitative estimate of drug-likeness (QED) is 0.786. The summed E-state index contributed by atoms with van der Waals surface area (Å²) < 4.78 is 0. The number of aryl methyl sites for hydroxylation is 1. The Kier molecular flexibility index (Phi) is 5.11. The zero-order valence-electron chi connectivity index (χ0n) is 13.5. The Morgan fingerprint density at radius 1 is 1.25 bits per heavy atom. The highest BCUT2D eigenvalue weighted by atomic mass is 16.4. The summed E-state index contributed by atoms with van der Waals surface area (Å²) in [7, 11) is 0. The average molecular weight is 326 g/mol. The molecule has 0 aliphatic carbocycles. The minimum atomic E-state index is -0.995. The van der Waals surface area contributed by atoms with E-state index in [0.29, 0.717) is 11.7 Å². The maximum absolute atomic E-state index is 10.9. The van der Waals surface area contributed by atoms with Crippen LogP contribution in [0, 0.1) is 0 Å². The van der Waals surface area contributed by atoms with Crippen molar-refractivity contribution >= 4 is 5.97 Å². The smallest absolute Gasteiger partial charge is 0.337 e. The molecule has 2 heterocycles. The second-order valence-electron chi connectivity index (χ2n) is 6.31. The van der Waals surface area contributed by atoms with Crippen molar-refractivity contribution in [2.75, 3.05) is 6.54 Å². The number of nitrogens with zero attached hydrogens (tertiary/aromatic N) is 1.